The quantitative estimate of drug-likeness (QED) is 0.341. The molecule has 0 N–H and O–H groups in total. The van der Waals surface area contributed by atoms with Crippen LogP contribution in [0.15, 0.2) is 92.6 Å². The molecule has 0 aliphatic carbocycles. The second-order valence-electron chi connectivity index (χ2n) is 9.81. The van der Waals surface area contributed by atoms with Crippen molar-refractivity contribution < 1.29 is 13.9 Å². The number of hydrogen-bond acceptors (Lipinski definition) is 8. The van der Waals surface area contributed by atoms with Gasteiger partial charge in [-0.25, -0.2) is 9.79 Å². The van der Waals surface area contributed by atoms with Gasteiger partial charge in [0.1, 0.15) is 5.76 Å². The molecule has 0 spiro atoms. The van der Waals surface area contributed by atoms with Crippen molar-refractivity contribution in [3.63, 3.8) is 0 Å². The third-order valence-electron chi connectivity index (χ3n) is 7.19. The predicted molar refractivity (Wildman–Crippen MR) is 156 cm³/mol. The Morgan fingerprint density at radius 2 is 1.73 bits per heavy atom. The molecule has 0 bridgehead atoms. The molecule has 2 aromatic carbocycles. The molecule has 0 amide bonds. The molecule has 1 saturated heterocycles. The molecule has 6 rings (SSSR count). The van der Waals surface area contributed by atoms with Crippen LogP contribution in [-0.2, 0) is 9.53 Å². The van der Waals surface area contributed by atoms with Gasteiger partial charge in [0.2, 0.25) is 0 Å². The fraction of sp³-hybridized carbons (Fsp3) is 0.258. The molecule has 1 atom stereocenters. The van der Waals surface area contributed by atoms with E-state index in [4.69, 9.17) is 14.1 Å². The van der Waals surface area contributed by atoms with Crippen molar-refractivity contribution >= 4 is 35.0 Å². The summed E-state index contributed by atoms with van der Waals surface area (Å²) in [5.74, 6) is 0.907. The number of fused-ring (bicyclic) bond motifs is 1. The highest BCUT2D eigenvalue weighted by atomic mass is 32.1. The molecule has 2 aliphatic heterocycles. The van der Waals surface area contributed by atoms with Crippen molar-refractivity contribution in [3.8, 4) is 0 Å². The number of aromatic nitrogens is 1. The molecular weight excluding hydrogens is 524 g/mol. The molecule has 2 aromatic heterocycles. The van der Waals surface area contributed by atoms with Crippen molar-refractivity contribution in [2.24, 2.45) is 4.99 Å². The number of furan rings is 1. The highest BCUT2D eigenvalue weighted by molar-refractivity contribution is 7.07. The van der Waals surface area contributed by atoms with Crippen molar-refractivity contribution in [2.75, 3.05) is 44.7 Å². The van der Waals surface area contributed by atoms with E-state index in [1.807, 2.05) is 72.8 Å². The summed E-state index contributed by atoms with van der Waals surface area (Å²) in [5.41, 5.74) is 2.21. The van der Waals surface area contributed by atoms with Crippen molar-refractivity contribution in [1.29, 1.82) is 0 Å². The van der Waals surface area contributed by atoms with Gasteiger partial charge >= 0.3 is 5.97 Å². The Hall–Kier alpha value is -4.21. The van der Waals surface area contributed by atoms with Crippen LogP contribution in [-0.4, -0.2) is 55.3 Å². The molecule has 204 valence electrons. The van der Waals surface area contributed by atoms with E-state index in [0.717, 1.165) is 43.2 Å². The van der Waals surface area contributed by atoms with E-state index in [0.29, 0.717) is 26.4 Å². The average Bonchev–Trinajstić information content (AvgIpc) is 3.58. The number of piperazine rings is 1. The maximum absolute atomic E-state index is 14.0. The summed E-state index contributed by atoms with van der Waals surface area (Å²) < 4.78 is 13.7. The van der Waals surface area contributed by atoms with Crippen LogP contribution in [0.1, 0.15) is 29.9 Å². The number of ether oxygens (including phenoxy) is 1. The Labute approximate surface area is 235 Å². The summed E-state index contributed by atoms with van der Waals surface area (Å²) in [7, 11) is 2.11. The van der Waals surface area contributed by atoms with Crippen LogP contribution < -0.4 is 19.8 Å². The van der Waals surface area contributed by atoms with Gasteiger partial charge in [0.15, 0.2) is 10.7 Å². The largest absolute Gasteiger partial charge is 0.463 e. The van der Waals surface area contributed by atoms with Crippen LogP contribution in [0.4, 0.5) is 5.88 Å². The molecule has 0 saturated carbocycles. The van der Waals surface area contributed by atoms with Gasteiger partial charge in [-0.2, -0.15) is 0 Å². The summed E-state index contributed by atoms with van der Waals surface area (Å²) >= 11 is 1.29. The molecule has 4 aromatic rings. The number of esters is 1. The molecular formula is C31H30N4O4S. The van der Waals surface area contributed by atoms with Gasteiger partial charge < -0.3 is 19.0 Å². The number of nitrogens with zero attached hydrogens (tertiary/aromatic N) is 4. The molecule has 9 heteroatoms. The molecule has 40 heavy (non-hydrogen) atoms. The van der Waals surface area contributed by atoms with E-state index < -0.39 is 12.0 Å². The van der Waals surface area contributed by atoms with Crippen molar-refractivity contribution in [3.05, 3.63) is 115 Å². The molecule has 1 fully saturated rings. The SMILES string of the molecule is CCOC(=O)C1=C(c2ccccc2)N=c2s/c(=C\c3ccc(N4CCN(C)CC4)o3)c(=O)n2C1c1ccccc1. The summed E-state index contributed by atoms with van der Waals surface area (Å²) in [6, 6.07) is 22.3. The van der Waals surface area contributed by atoms with Crippen LogP contribution in [0.25, 0.3) is 11.8 Å². The van der Waals surface area contributed by atoms with Gasteiger partial charge in [-0.15, -0.1) is 0 Å². The van der Waals surface area contributed by atoms with E-state index >= 15 is 0 Å². The zero-order valence-electron chi connectivity index (χ0n) is 22.4. The first-order chi connectivity index (χ1) is 19.5. The highest BCUT2D eigenvalue weighted by Gasteiger charge is 2.35. The van der Waals surface area contributed by atoms with Crippen LogP contribution in [0, 0.1) is 0 Å². The summed E-state index contributed by atoms with van der Waals surface area (Å²) in [4.78, 5) is 37.3. The Balaban J connectivity index is 1.50. The first kappa shape index (κ1) is 26.0. The van der Waals surface area contributed by atoms with E-state index in [-0.39, 0.29) is 12.2 Å². The van der Waals surface area contributed by atoms with Crippen molar-refractivity contribution in [2.45, 2.75) is 13.0 Å². The topological polar surface area (TPSA) is 80.3 Å². The second kappa shape index (κ2) is 11.1. The Bertz CT molecular complexity index is 1730. The monoisotopic (exact) mass is 554 g/mol. The maximum atomic E-state index is 14.0. The normalized spacial score (nSPS) is 18.0. The Morgan fingerprint density at radius 3 is 2.42 bits per heavy atom. The average molecular weight is 555 g/mol. The second-order valence-corrected chi connectivity index (χ2v) is 10.8. The fourth-order valence-corrected chi connectivity index (χ4v) is 6.12. The number of hydrogen-bond donors (Lipinski definition) is 0. The van der Waals surface area contributed by atoms with Gasteiger partial charge in [0.05, 0.1) is 28.5 Å². The number of benzene rings is 2. The summed E-state index contributed by atoms with van der Waals surface area (Å²) in [5, 5.41) is 0. The van der Waals surface area contributed by atoms with E-state index in [9.17, 15) is 9.59 Å². The zero-order valence-corrected chi connectivity index (χ0v) is 23.3. The Kier molecular flexibility index (Phi) is 7.23. The lowest BCUT2D eigenvalue weighted by atomic mass is 9.93. The van der Waals surface area contributed by atoms with Gasteiger partial charge in [-0.1, -0.05) is 72.0 Å². The van der Waals surface area contributed by atoms with Gasteiger partial charge in [-0.3, -0.25) is 9.36 Å². The third-order valence-corrected chi connectivity index (χ3v) is 8.17. The van der Waals surface area contributed by atoms with Crippen LogP contribution in [0.3, 0.4) is 0 Å². The van der Waals surface area contributed by atoms with Crippen LogP contribution in [0.2, 0.25) is 0 Å². The molecule has 4 heterocycles. The highest BCUT2D eigenvalue weighted by Crippen LogP contribution is 2.35. The predicted octanol–water partition coefficient (Wildman–Crippen LogP) is 3.28. The standard InChI is InChI=1S/C31H30N4O4S/c1-3-38-30(37)26-27(21-10-6-4-7-11-21)32-31-35(28(26)22-12-8-5-9-13-22)29(36)24(40-31)20-23-14-15-25(39-23)34-18-16-33(2)17-19-34/h4-15,20,28H,3,16-19H2,1-2H3/b24-20-. The van der Waals surface area contributed by atoms with Gasteiger partial charge in [-0.05, 0) is 25.6 Å². The van der Waals surface area contributed by atoms with E-state index in [1.54, 1.807) is 17.6 Å². The van der Waals surface area contributed by atoms with Gasteiger partial charge in [0, 0.05) is 43.9 Å². The fourth-order valence-electron chi connectivity index (χ4n) is 5.14. The number of carbonyl (C=O) groups is 1. The van der Waals surface area contributed by atoms with Crippen LogP contribution in [0.5, 0.6) is 0 Å². The first-order valence-electron chi connectivity index (χ1n) is 13.4. The lowest BCUT2D eigenvalue weighted by Gasteiger charge is -2.32. The molecule has 2 aliphatic rings. The van der Waals surface area contributed by atoms with Crippen molar-refractivity contribution in [1.82, 2.24) is 9.47 Å². The molecule has 8 nitrogen and oxygen atoms in total. The molecule has 1 unspecified atom stereocenters. The number of anilines is 1. The lowest BCUT2D eigenvalue weighted by molar-refractivity contribution is -0.138. The van der Waals surface area contributed by atoms with E-state index in [2.05, 4.69) is 16.8 Å². The lowest BCUT2D eigenvalue weighted by Crippen LogP contribution is -2.44. The van der Waals surface area contributed by atoms with E-state index in [1.165, 1.54) is 11.3 Å². The minimum absolute atomic E-state index is 0.213. The Morgan fingerprint density at radius 1 is 1.02 bits per heavy atom. The number of rotatable bonds is 6. The van der Waals surface area contributed by atoms with Crippen LogP contribution >= 0.6 is 11.3 Å². The zero-order chi connectivity index (χ0) is 27.6. The molecule has 0 radical (unpaired) electrons. The summed E-state index contributed by atoms with van der Waals surface area (Å²) in [6.45, 7) is 5.71. The third kappa shape index (κ3) is 4.94. The minimum Gasteiger partial charge on any atom is -0.463 e. The summed E-state index contributed by atoms with van der Waals surface area (Å²) in [6.07, 6.45) is 1.77. The minimum atomic E-state index is -0.689. The first-order valence-corrected chi connectivity index (χ1v) is 14.2. The number of carbonyl (C=O) groups excluding carboxylic acids is 1. The smallest absolute Gasteiger partial charge is 0.338 e. The maximum Gasteiger partial charge on any atom is 0.338 e. The van der Waals surface area contributed by atoms with Gasteiger partial charge in [0.25, 0.3) is 5.56 Å². The number of likely N-dealkylation sites (N-methyl/N-ethyl adjacent to an activating group) is 1. The number of thiazole rings is 1.